The monoisotopic (exact) mass is 208 g/mol. The molecule has 0 saturated carbocycles. The Morgan fingerprint density at radius 2 is 2.20 bits per heavy atom. The first-order chi connectivity index (χ1) is 7.18. The fraction of sp³-hybridized carbons (Fsp3) is 0.500. The van der Waals surface area contributed by atoms with Gasteiger partial charge in [-0.05, 0) is 44.4 Å². The van der Waals surface area contributed by atoms with Crippen LogP contribution in [0.25, 0.3) is 0 Å². The Balaban J connectivity index is 2.27. The highest BCUT2D eigenvalue weighted by Gasteiger charge is 2.20. The Kier molecular flexibility index (Phi) is 2.80. The number of rotatable bonds is 1. The van der Waals surface area contributed by atoms with E-state index in [9.17, 15) is 4.39 Å². The van der Waals surface area contributed by atoms with Gasteiger partial charge in [0.1, 0.15) is 5.82 Å². The fourth-order valence-electron chi connectivity index (χ4n) is 2.24. The molecule has 2 rings (SSSR count). The molecule has 0 aliphatic carbocycles. The van der Waals surface area contributed by atoms with Gasteiger partial charge in [0, 0.05) is 12.6 Å². The zero-order chi connectivity index (χ0) is 10.8. The molecule has 2 N–H and O–H groups in total. The molecule has 0 unspecified atom stereocenters. The Hall–Kier alpha value is -1.25. The molecule has 1 heterocycles. The molecule has 1 saturated heterocycles. The third-order valence-corrected chi connectivity index (χ3v) is 3.10. The van der Waals surface area contributed by atoms with Crippen molar-refractivity contribution in [2.45, 2.75) is 32.2 Å². The first-order valence-electron chi connectivity index (χ1n) is 5.50. The minimum absolute atomic E-state index is 0.263. The van der Waals surface area contributed by atoms with Crippen LogP contribution in [0, 0.1) is 5.82 Å². The van der Waals surface area contributed by atoms with Gasteiger partial charge in [-0.3, -0.25) is 0 Å². The molecule has 82 valence electrons. The van der Waals surface area contributed by atoms with Crippen LogP contribution in [0.1, 0.15) is 26.2 Å². The average Bonchev–Trinajstić information content (AvgIpc) is 2.20. The lowest BCUT2D eigenvalue weighted by Gasteiger charge is -2.36. The number of nitrogens with zero attached hydrogens (tertiary/aromatic N) is 1. The van der Waals surface area contributed by atoms with Crippen molar-refractivity contribution in [3.05, 3.63) is 24.0 Å². The Labute approximate surface area is 89.9 Å². The van der Waals surface area contributed by atoms with Crippen LogP contribution in [0.15, 0.2) is 18.2 Å². The number of hydrogen-bond donors (Lipinski definition) is 1. The summed E-state index contributed by atoms with van der Waals surface area (Å²) < 4.78 is 12.9. The van der Waals surface area contributed by atoms with E-state index >= 15 is 0 Å². The summed E-state index contributed by atoms with van der Waals surface area (Å²) in [7, 11) is 0. The highest BCUT2D eigenvalue weighted by molar-refractivity contribution is 5.68. The predicted molar refractivity (Wildman–Crippen MR) is 61.5 cm³/mol. The maximum absolute atomic E-state index is 12.9. The molecule has 0 spiro atoms. The maximum Gasteiger partial charge on any atom is 0.125 e. The summed E-state index contributed by atoms with van der Waals surface area (Å²) in [5.41, 5.74) is 7.35. The summed E-state index contributed by atoms with van der Waals surface area (Å²) in [5, 5.41) is 0. The molecule has 0 radical (unpaired) electrons. The van der Waals surface area contributed by atoms with Gasteiger partial charge in [0.15, 0.2) is 0 Å². The SMILES string of the molecule is C[C@@H]1CCCCN1c1ccc(F)cc1N. The molecule has 0 amide bonds. The summed E-state index contributed by atoms with van der Waals surface area (Å²) >= 11 is 0. The second-order valence-electron chi connectivity index (χ2n) is 4.24. The van der Waals surface area contributed by atoms with Crippen LogP contribution >= 0.6 is 0 Å². The van der Waals surface area contributed by atoms with Gasteiger partial charge in [-0.2, -0.15) is 0 Å². The smallest absolute Gasteiger partial charge is 0.125 e. The molecule has 0 bridgehead atoms. The Bertz CT molecular complexity index is 351. The average molecular weight is 208 g/mol. The second kappa shape index (κ2) is 4.09. The van der Waals surface area contributed by atoms with Crippen molar-refractivity contribution in [3.8, 4) is 0 Å². The zero-order valence-corrected chi connectivity index (χ0v) is 9.04. The molecule has 1 aliphatic rings. The van der Waals surface area contributed by atoms with Gasteiger partial charge in [-0.1, -0.05) is 0 Å². The first-order valence-corrected chi connectivity index (χ1v) is 5.50. The summed E-state index contributed by atoms with van der Waals surface area (Å²) in [6.07, 6.45) is 3.66. The molecule has 3 heteroatoms. The van der Waals surface area contributed by atoms with Crippen LogP contribution in [0.2, 0.25) is 0 Å². The van der Waals surface area contributed by atoms with Crippen molar-refractivity contribution in [1.29, 1.82) is 0 Å². The van der Waals surface area contributed by atoms with Gasteiger partial charge in [0.25, 0.3) is 0 Å². The Morgan fingerprint density at radius 1 is 1.40 bits per heavy atom. The van der Waals surface area contributed by atoms with Crippen LogP contribution in [0.4, 0.5) is 15.8 Å². The van der Waals surface area contributed by atoms with Crippen molar-refractivity contribution < 1.29 is 4.39 Å². The normalized spacial score (nSPS) is 21.7. The van der Waals surface area contributed by atoms with Crippen LogP contribution in [-0.2, 0) is 0 Å². The molecule has 0 aromatic heterocycles. The van der Waals surface area contributed by atoms with Crippen LogP contribution in [0.3, 0.4) is 0 Å². The van der Waals surface area contributed by atoms with E-state index in [1.54, 1.807) is 6.07 Å². The number of halogens is 1. The van der Waals surface area contributed by atoms with Gasteiger partial charge in [0.05, 0.1) is 11.4 Å². The van der Waals surface area contributed by atoms with Crippen LogP contribution in [-0.4, -0.2) is 12.6 Å². The molecule has 2 nitrogen and oxygen atoms in total. The summed E-state index contributed by atoms with van der Waals surface area (Å²) in [6, 6.07) is 5.17. The number of nitrogen functional groups attached to an aromatic ring is 1. The van der Waals surface area contributed by atoms with Crippen molar-refractivity contribution in [3.63, 3.8) is 0 Å². The number of nitrogens with two attached hydrogens (primary N) is 1. The molecule has 1 aliphatic heterocycles. The number of hydrogen-bond acceptors (Lipinski definition) is 2. The van der Waals surface area contributed by atoms with Crippen LogP contribution in [0.5, 0.6) is 0 Å². The number of benzene rings is 1. The minimum atomic E-state index is -0.263. The van der Waals surface area contributed by atoms with Crippen molar-refractivity contribution in [2.75, 3.05) is 17.2 Å². The highest BCUT2D eigenvalue weighted by Crippen LogP contribution is 2.29. The maximum atomic E-state index is 12.9. The quantitative estimate of drug-likeness (QED) is 0.719. The summed E-state index contributed by atoms with van der Waals surface area (Å²) in [6.45, 7) is 3.22. The van der Waals surface area contributed by atoms with E-state index < -0.39 is 0 Å². The predicted octanol–water partition coefficient (Wildman–Crippen LogP) is 2.79. The van der Waals surface area contributed by atoms with Crippen LogP contribution < -0.4 is 10.6 Å². The lowest BCUT2D eigenvalue weighted by atomic mass is 10.0. The van der Waals surface area contributed by atoms with E-state index in [1.165, 1.54) is 31.4 Å². The Morgan fingerprint density at radius 3 is 2.87 bits per heavy atom. The third-order valence-electron chi connectivity index (χ3n) is 3.10. The van der Waals surface area contributed by atoms with E-state index in [0.29, 0.717) is 11.7 Å². The second-order valence-corrected chi connectivity index (χ2v) is 4.24. The van der Waals surface area contributed by atoms with Crippen molar-refractivity contribution in [1.82, 2.24) is 0 Å². The van der Waals surface area contributed by atoms with E-state index in [4.69, 9.17) is 5.73 Å². The zero-order valence-electron chi connectivity index (χ0n) is 9.04. The van der Waals surface area contributed by atoms with E-state index in [-0.39, 0.29) is 5.82 Å². The molecular weight excluding hydrogens is 191 g/mol. The first kappa shape index (κ1) is 10.3. The lowest BCUT2D eigenvalue weighted by Crippen LogP contribution is -2.37. The largest absolute Gasteiger partial charge is 0.397 e. The van der Waals surface area contributed by atoms with Gasteiger partial charge >= 0.3 is 0 Å². The topological polar surface area (TPSA) is 29.3 Å². The molecule has 1 aromatic carbocycles. The minimum Gasteiger partial charge on any atom is -0.397 e. The molecule has 1 aromatic rings. The molecular formula is C12H17FN2. The summed E-state index contributed by atoms with van der Waals surface area (Å²) in [5.74, 6) is -0.263. The standard InChI is InChI=1S/C12H17FN2/c1-9-4-2-3-7-15(9)12-6-5-10(13)8-11(12)14/h5-6,8-9H,2-4,7,14H2,1H3/t9-/m1/s1. The van der Waals surface area contributed by atoms with Gasteiger partial charge < -0.3 is 10.6 Å². The fourth-order valence-corrected chi connectivity index (χ4v) is 2.24. The van der Waals surface area contributed by atoms with Gasteiger partial charge in [0.2, 0.25) is 0 Å². The number of anilines is 2. The summed E-state index contributed by atoms with van der Waals surface area (Å²) in [4.78, 5) is 2.28. The molecule has 1 fully saturated rings. The third kappa shape index (κ3) is 2.06. The van der Waals surface area contributed by atoms with E-state index in [1.807, 2.05) is 0 Å². The van der Waals surface area contributed by atoms with E-state index in [2.05, 4.69) is 11.8 Å². The van der Waals surface area contributed by atoms with E-state index in [0.717, 1.165) is 12.2 Å². The number of piperidine rings is 1. The lowest BCUT2D eigenvalue weighted by molar-refractivity contribution is 0.485. The van der Waals surface area contributed by atoms with Crippen molar-refractivity contribution in [2.24, 2.45) is 0 Å². The molecule has 15 heavy (non-hydrogen) atoms. The highest BCUT2D eigenvalue weighted by atomic mass is 19.1. The van der Waals surface area contributed by atoms with Crippen molar-refractivity contribution >= 4 is 11.4 Å². The van der Waals surface area contributed by atoms with Gasteiger partial charge in [-0.15, -0.1) is 0 Å². The molecule has 1 atom stereocenters. The van der Waals surface area contributed by atoms with Gasteiger partial charge in [-0.25, -0.2) is 4.39 Å².